The summed E-state index contributed by atoms with van der Waals surface area (Å²) in [6.45, 7) is 8.01. The van der Waals surface area contributed by atoms with Crippen molar-refractivity contribution in [3.8, 4) is 0 Å². The molecule has 0 unspecified atom stereocenters. The number of nitrogens with zero attached hydrogens (tertiary/aromatic N) is 2. The van der Waals surface area contributed by atoms with Crippen LogP contribution in [-0.2, 0) is 19.4 Å². The van der Waals surface area contributed by atoms with Gasteiger partial charge in [0.2, 0.25) is 0 Å². The van der Waals surface area contributed by atoms with Gasteiger partial charge in [-0.2, -0.15) is 0 Å². The summed E-state index contributed by atoms with van der Waals surface area (Å²) in [5, 5.41) is 0. The molecule has 1 aromatic carbocycles. The summed E-state index contributed by atoms with van der Waals surface area (Å²) in [7, 11) is 0. The largest absolute Gasteiger partial charge is 0.256 e. The maximum absolute atomic E-state index is 2.50. The van der Waals surface area contributed by atoms with Crippen molar-refractivity contribution < 1.29 is 4.57 Å². The molecule has 0 amide bonds. The van der Waals surface area contributed by atoms with Crippen molar-refractivity contribution in [2.45, 2.75) is 104 Å². The predicted molar refractivity (Wildman–Crippen MR) is 116 cm³/mol. The Morgan fingerprint density at radius 2 is 1.48 bits per heavy atom. The van der Waals surface area contributed by atoms with Crippen LogP contribution < -0.4 is 4.57 Å². The molecule has 0 fully saturated rings. The molecule has 1 aromatic heterocycles. The zero-order chi connectivity index (χ0) is 19.3. The molecule has 150 valence electrons. The van der Waals surface area contributed by atoms with Crippen LogP contribution in [0.3, 0.4) is 0 Å². The Morgan fingerprint density at radius 3 is 2.15 bits per heavy atom. The third-order valence-electron chi connectivity index (χ3n) is 5.55. The van der Waals surface area contributed by atoms with Crippen LogP contribution in [0.5, 0.6) is 0 Å². The maximum Gasteiger partial charge on any atom is 0.256 e. The van der Waals surface area contributed by atoms with Crippen molar-refractivity contribution in [2.24, 2.45) is 0 Å². The molecule has 2 aromatic rings. The molecule has 0 atom stereocenters. The second-order valence-corrected chi connectivity index (χ2v) is 8.22. The highest BCUT2D eigenvalue weighted by Crippen LogP contribution is 2.13. The zero-order valence-corrected chi connectivity index (χ0v) is 18.0. The van der Waals surface area contributed by atoms with Crippen LogP contribution in [0.4, 0.5) is 0 Å². The van der Waals surface area contributed by atoms with Crippen molar-refractivity contribution >= 4 is 0 Å². The first-order valence-electron chi connectivity index (χ1n) is 11.4. The van der Waals surface area contributed by atoms with E-state index in [1.807, 2.05) is 0 Å². The Labute approximate surface area is 167 Å². The van der Waals surface area contributed by atoms with E-state index >= 15 is 0 Å². The minimum atomic E-state index is 0.546. The van der Waals surface area contributed by atoms with Crippen LogP contribution in [0.1, 0.15) is 96.0 Å². The smallest absolute Gasteiger partial charge is 0.234 e. The molecule has 0 saturated carbocycles. The van der Waals surface area contributed by atoms with E-state index in [0.717, 1.165) is 13.0 Å². The Hall–Kier alpha value is -1.57. The van der Waals surface area contributed by atoms with Crippen LogP contribution in [0.15, 0.2) is 42.7 Å². The molecule has 0 N–H and O–H groups in total. The molecular formula is C25H41N2+. The molecule has 2 heteroatoms. The predicted octanol–water partition coefficient (Wildman–Crippen LogP) is 6.67. The zero-order valence-electron chi connectivity index (χ0n) is 18.0. The van der Waals surface area contributed by atoms with Crippen LogP contribution in [-0.4, -0.2) is 4.57 Å². The van der Waals surface area contributed by atoms with Gasteiger partial charge < -0.3 is 0 Å². The average molecular weight is 370 g/mol. The lowest BCUT2D eigenvalue weighted by molar-refractivity contribution is -0.704. The van der Waals surface area contributed by atoms with Crippen LogP contribution in [0, 0.1) is 0 Å². The van der Waals surface area contributed by atoms with Gasteiger partial charge in [0.05, 0.1) is 12.6 Å². The standard InChI is InChI=1S/C25H41N2/c1-4-5-6-7-8-9-10-14-19-25-26(21-22-27(25)23(2)3)20-15-18-24-16-12-11-13-17-24/h11-13,16-17,21-23H,4-10,14-15,18-20H2,1-3H3/q+1. The first kappa shape index (κ1) is 21.7. The fraction of sp³-hybridized carbons (Fsp3) is 0.640. The second kappa shape index (κ2) is 12.8. The summed E-state index contributed by atoms with van der Waals surface area (Å²) in [6.07, 6.45) is 19.3. The van der Waals surface area contributed by atoms with E-state index in [1.54, 1.807) is 0 Å². The van der Waals surface area contributed by atoms with Crippen LogP contribution in [0.2, 0.25) is 0 Å². The van der Waals surface area contributed by atoms with Crippen molar-refractivity contribution in [3.05, 3.63) is 54.1 Å². The van der Waals surface area contributed by atoms with Gasteiger partial charge >= 0.3 is 0 Å². The summed E-state index contributed by atoms with van der Waals surface area (Å²) < 4.78 is 4.98. The van der Waals surface area contributed by atoms with Gasteiger partial charge in [-0.25, -0.2) is 9.13 Å². The number of aromatic nitrogens is 2. The van der Waals surface area contributed by atoms with E-state index in [1.165, 1.54) is 75.6 Å². The number of imidazole rings is 1. The monoisotopic (exact) mass is 369 g/mol. The van der Waals surface area contributed by atoms with Crippen LogP contribution >= 0.6 is 0 Å². The molecule has 1 heterocycles. The molecule has 0 bridgehead atoms. The van der Waals surface area contributed by atoms with Crippen molar-refractivity contribution in [1.82, 2.24) is 4.57 Å². The molecule has 2 rings (SSSR count). The van der Waals surface area contributed by atoms with Gasteiger partial charge in [0, 0.05) is 6.42 Å². The molecule has 27 heavy (non-hydrogen) atoms. The van der Waals surface area contributed by atoms with Gasteiger partial charge in [-0.05, 0) is 38.7 Å². The summed E-state index contributed by atoms with van der Waals surface area (Å²) in [6, 6.07) is 11.4. The lowest BCUT2D eigenvalue weighted by Crippen LogP contribution is -2.37. The lowest BCUT2D eigenvalue weighted by Gasteiger charge is -2.08. The quantitative estimate of drug-likeness (QED) is 0.260. The SMILES string of the molecule is CCCCCCCCCCc1n(C(C)C)cc[n+]1CCCc1ccccc1. The highest BCUT2D eigenvalue weighted by molar-refractivity contribution is 5.14. The number of hydrogen-bond acceptors (Lipinski definition) is 0. The van der Waals surface area contributed by atoms with Gasteiger partial charge in [0.15, 0.2) is 0 Å². The van der Waals surface area contributed by atoms with Gasteiger partial charge in [0.1, 0.15) is 12.4 Å². The minimum absolute atomic E-state index is 0.546. The first-order chi connectivity index (χ1) is 13.2. The molecule has 0 radical (unpaired) electrons. The van der Waals surface area contributed by atoms with E-state index in [-0.39, 0.29) is 0 Å². The highest BCUT2D eigenvalue weighted by atomic mass is 15.2. The van der Waals surface area contributed by atoms with Gasteiger partial charge in [-0.1, -0.05) is 82.2 Å². The summed E-state index contributed by atoms with van der Waals surface area (Å²) in [5.41, 5.74) is 1.45. The number of benzene rings is 1. The fourth-order valence-corrected chi connectivity index (χ4v) is 3.93. The lowest BCUT2D eigenvalue weighted by atomic mass is 10.1. The van der Waals surface area contributed by atoms with Crippen molar-refractivity contribution in [3.63, 3.8) is 0 Å². The number of rotatable bonds is 14. The Kier molecular flexibility index (Phi) is 10.3. The molecule has 0 aliphatic heterocycles. The summed E-state index contributed by atoms with van der Waals surface area (Å²) in [4.78, 5) is 0. The molecule has 0 saturated heterocycles. The second-order valence-electron chi connectivity index (χ2n) is 8.22. The van der Waals surface area contributed by atoms with Gasteiger partial charge in [0.25, 0.3) is 5.82 Å². The fourth-order valence-electron chi connectivity index (χ4n) is 3.93. The Morgan fingerprint density at radius 1 is 0.815 bits per heavy atom. The van der Waals surface area contributed by atoms with E-state index < -0.39 is 0 Å². The van der Waals surface area contributed by atoms with Crippen molar-refractivity contribution in [1.29, 1.82) is 0 Å². The highest BCUT2D eigenvalue weighted by Gasteiger charge is 2.18. The summed E-state index contributed by atoms with van der Waals surface area (Å²) >= 11 is 0. The number of aryl methyl sites for hydroxylation is 2. The summed E-state index contributed by atoms with van der Waals surface area (Å²) in [5.74, 6) is 1.52. The number of hydrogen-bond donors (Lipinski definition) is 0. The molecule has 0 aliphatic carbocycles. The van der Waals surface area contributed by atoms with E-state index in [2.05, 4.69) is 72.6 Å². The first-order valence-corrected chi connectivity index (χ1v) is 11.4. The van der Waals surface area contributed by atoms with E-state index in [0.29, 0.717) is 6.04 Å². The average Bonchev–Trinajstić information content (AvgIpc) is 3.08. The normalized spacial score (nSPS) is 11.4. The molecule has 0 spiro atoms. The third kappa shape index (κ3) is 7.91. The Bertz CT molecular complexity index is 613. The van der Waals surface area contributed by atoms with Gasteiger partial charge in [-0.3, -0.25) is 0 Å². The van der Waals surface area contributed by atoms with E-state index in [9.17, 15) is 0 Å². The molecule has 2 nitrogen and oxygen atoms in total. The van der Waals surface area contributed by atoms with Gasteiger partial charge in [-0.15, -0.1) is 0 Å². The molecule has 0 aliphatic rings. The molecular weight excluding hydrogens is 328 g/mol. The maximum atomic E-state index is 2.50. The number of unbranched alkanes of at least 4 members (excludes halogenated alkanes) is 7. The van der Waals surface area contributed by atoms with E-state index in [4.69, 9.17) is 0 Å². The third-order valence-corrected chi connectivity index (χ3v) is 5.55. The minimum Gasteiger partial charge on any atom is -0.234 e. The Balaban J connectivity index is 1.78. The van der Waals surface area contributed by atoms with Crippen LogP contribution in [0.25, 0.3) is 0 Å². The van der Waals surface area contributed by atoms with Crippen molar-refractivity contribution in [2.75, 3.05) is 0 Å². The topological polar surface area (TPSA) is 8.81 Å².